The van der Waals surface area contributed by atoms with Crippen molar-refractivity contribution in [2.24, 2.45) is 0 Å². The summed E-state index contributed by atoms with van der Waals surface area (Å²) in [6.07, 6.45) is 2.83. The number of hydrogen-bond acceptors (Lipinski definition) is 6. The van der Waals surface area contributed by atoms with Crippen molar-refractivity contribution >= 4 is 11.9 Å². The quantitative estimate of drug-likeness (QED) is 0.490. The molecule has 1 aliphatic heterocycles. The van der Waals surface area contributed by atoms with E-state index in [2.05, 4.69) is 0 Å². The van der Waals surface area contributed by atoms with Crippen LogP contribution in [0.15, 0.2) is 40.5 Å². The van der Waals surface area contributed by atoms with E-state index in [1.165, 1.54) is 25.5 Å². The van der Waals surface area contributed by atoms with Gasteiger partial charge in [0, 0.05) is 0 Å². The summed E-state index contributed by atoms with van der Waals surface area (Å²) in [5.41, 5.74) is 0.549. The largest absolute Gasteiger partial charge is 0.493 e. The summed E-state index contributed by atoms with van der Waals surface area (Å²) in [7, 11) is 1.50. The number of furan rings is 1. The number of fused-ring (bicyclic) bond motifs is 1. The van der Waals surface area contributed by atoms with Crippen LogP contribution >= 0.6 is 0 Å². The Morgan fingerprint density at radius 2 is 2.27 bits per heavy atom. The third kappa shape index (κ3) is 2.40. The number of benzene rings is 1. The average molecular weight is 297 g/mol. The average Bonchev–Trinajstić information content (AvgIpc) is 3.21. The van der Waals surface area contributed by atoms with Crippen molar-refractivity contribution in [3.63, 3.8) is 0 Å². The van der Waals surface area contributed by atoms with Crippen molar-refractivity contribution in [2.45, 2.75) is 0 Å². The van der Waals surface area contributed by atoms with Gasteiger partial charge in [0.2, 0.25) is 18.3 Å². The van der Waals surface area contributed by atoms with E-state index in [1.54, 1.807) is 18.2 Å². The summed E-state index contributed by atoms with van der Waals surface area (Å²) < 4.78 is 20.9. The number of allylic oxidation sites excluding steroid dienone is 1. The van der Waals surface area contributed by atoms with Crippen LogP contribution in [-0.4, -0.2) is 19.7 Å². The Labute approximate surface area is 126 Å². The van der Waals surface area contributed by atoms with Gasteiger partial charge in [-0.1, -0.05) is 0 Å². The van der Waals surface area contributed by atoms with E-state index in [0.717, 1.165) is 0 Å². The first-order valence-corrected chi connectivity index (χ1v) is 6.40. The third-order valence-corrected chi connectivity index (χ3v) is 3.10. The van der Waals surface area contributed by atoms with Crippen molar-refractivity contribution in [3.8, 4) is 23.3 Å². The molecule has 0 atom stereocenters. The van der Waals surface area contributed by atoms with E-state index in [9.17, 15) is 10.1 Å². The van der Waals surface area contributed by atoms with Gasteiger partial charge in [-0.3, -0.25) is 4.79 Å². The molecule has 0 spiro atoms. The zero-order chi connectivity index (χ0) is 15.5. The fourth-order valence-corrected chi connectivity index (χ4v) is 2.09. The fourth-order valence-electron chi connectivity index (χ4n) is 2.09. The summed E-state index contributed by atoms with van der Waals surface area (Å²) in [5, 5.41) is 9.21. The number of ketones is 1. The standard InChI is InChI=1S/C16H11NO5/c1-19-13-6-10(7-14-16(13)22-9-21-14)5-11(8-17)15(18)12-3-2-4-20-12/h2-7H,9H2,1H3/b11-5+. The molecule has 6 nitrogen and oxygen atoms in total. The number of hydrogen-bond donors (Lipinski definition) is 0. The number of ether oxygens (including phenoxy) is 3. The molecule has 0 bridgehead atoms. The Balaban J connectivity index is 2.00. The number of carbonyl (C=O) groups excluding carboxylic acids is 1. The zero-order valence-electron chi connectivity index (χ0n) is 11.7. The predicted octanol–water partition coefficient (Wildman–Crippen LogP) is 2.81. The molecule has 0 amide bonds. The molecular weight excluding hydrogens is 286 g/mol. The Bertz CT molecular complexity index is 784. The lowest BCUT2D eigenvalue weighted by molar-refractivity contribution is 0.101. The molecule has 1 aliphatic rings. The zero-order valence-corrected chi connectivity index (χ0v) is 11.7. The minimum absolute atomic E-state index is 0.0455. The van der Waals surface area contributed by atoms with E-state index in [4.69, 9.17) is 18.6 Å². The van der Waals surface area contributed by atoms with E-state index in [1.807, 2.05) is 6.07 Å². The van der Waals surface area contributed by atoms with E-state index in [-0.39, 0.29) is 18.1 Å². The molecule has 0 unspecified atom stereocenters. The summed E-state index contributed by atoms with van der Waals surface area (Å²) in [4.78, 5) is 12.2. The van der Waals surface area contributed by atoms with Crippen molar-refractivity contribution in [3.05, 3.63) is 47.4 Å². The number of Topliss-reactive ketones (excluding diaryl/α,β-unsaturated/α-hetero) is 1. The molecule has 6 heteroatoms. The van der Waals surface area contributed by atoms with Crippen LogP contribution in [0.25, 0.3) is 6.08 Å². The topological polar surface area (TPSA) is 81.7 Å². The third-order valence-electron chi connectivity index (χ3n) is 3.10. The van der Waals surface area contributed by atoms with Crippen LogP contribution in [0.2, 0.25) is 0 Å². The lowest BCUT2D eigenvalue weighted by atomic mass is 10.1. The normalized spacial score (nSPS) is 12.8. The van der Waals surface area contributed by atoms with Crippen LogP contribution in [0, 0.1) is 11.3 Å². The van der Waals surface area contributed by atoms with E-state index < -0.39 is 5.78 Å². The van der Waals surface area contributed by atoms with Crippen molar-refractivity contribution in [2.75, 3.05) is 13.9 Å². The number of methoxy groups -OCH3 is 1. The first kappa shape index (κ1) is 13.8. The highest BCUT2D eigenvalue weighted by Gasteiger charge is 2.21. The van der Waals surface area contributed by atoms with E-state index in [0.29, 0.717) is 22.8 Å². The SMILES string of the molecule is COc1cc(/C=C(\C#N)C(=O)c2ccco2)cc2c1OCO2. The van der Waals surface area contributed by atoms with Gasteiger partial charge in [0.15, 0.2) is 17.3 Å². The first-order valence-electron chi connectivity index (χ1n) is 6.40. The fraction of sp³-hybridized carbons (Fsp3) is 0.125. The van der Waals surface area contributed by atoms with Gasteiger partial charge in [0.05, 0.1) is 13.4 Å². The van der Waals surface area contributed by atoms with E-state index >= 15 is 0 Å². The molecule has 0 saturated heterocycles. The molecule has 2 aromatic rings. The Morgan fingerprint density at radius 1 is 1.41 bits per heavy atom. The maximum absolute atomic E-state index is 12.2. The Morgan fingerprint density at radius 3 is 2.95 bits per heavy atom. The smallest absolute Gasteiger partial charge is 0.238 e. The summed E-state index contributed by atoms with van der Waals surface area (Å²) in [6, 6.07) is 8.32. The van der Waals surface area contributed by atoms with Gasteiger partial charge in [-0.25, -0.2) is 0 Å². The van der Waals surface area contributed by atoms with Gasteiger partial charge in [0.1, 0.15) is 11.6 Å². The Kier molecular flexibility index (Phi) is 3.54. The van der Waals surface area contributed by atoms with Gasteiger partial charge in [0.25, 0.3) is 0 Å². The van der Waals surface area contributed by atoms with Gasteiger partial charge >= 0.3 is 0 Å². The molecule has 0 N–H and O–H groups in total. The molecule has 0 fully saturated rings. The number of carbonyl (C=O) groups is 1. The van der Waals surface area contributed by atoms with Crippen LogP contribution < -0.4 is 14.2 Å². The summed E-state index contributed by atoms with van der Waals surface area (Å²) in [6.45, 7) is 0.106. The summed E-state index contributed by atoms with van der Waals surface area (Å²) >= 11 is 0. The van der Waals surface area contributed by atoms with Gasteiger partial charge in [-0.2, -0.15) is 5.26 Å². The maximum Gasteiger partial charge on any atom is 0.238 e. The highest BCUT2D eigenvalue weighted by atomic mass is 16.7. The van der Waals surface area contributed by atoms with Crippen LogP contribution in [0.4, 0.5) is 0 Å². The second kappa shape index (κ2) is 5.66. The molecule has 2 heterocycles. The van der Waals surface area contributed by atoms with Crippen molar-refractivity contribution in [1.82, 2.24) is 0 Å². The van der Waals surface area contributed by atoms with Gasteiger partial charge in [-0.15, -0.1) is 0 Å². The predicted molar refractivity (Wildman–Crippen MR) is 75.7 cm³/mol. The molecular formula is C16H11NO5. The summed E-state index contributed by atoms with van der Waals surface area (Å²) in [5.74, 6) is 1.12. The lowest BCUT2D eigenvalue weighted by Gasteiger charge is -2.06. The molecule has 3 rings (SSSR count). The molecule has 1 aromatic carbocycles. The molecule has 0 aliphatic carbocycles. The highest BCUT2D eigenvalue weighted by Crippen LogP contribution is 2.42. The molecule has 0 radical (unpaired) electrons. The molecule has 1 aromatic heterocycles. The number of nitrogens with zero attached hydrogens (tertiary/aromatic N) is 1. The maximum atomic E-state index is 12.2. The number of nitriles is 1. The molecule has 110 valence electrons. The number of rotatable bonds is 4. The van der Waals surface area contributed by atoms with Crippen LogP contribution in [0.3, 0.4) is 0 Å². The van der Waals surface area contributed by atoms with Crippen molar-refractivity contribution < 1.29 is 23.4 Å². The van der Waals surface area contributed by atoms with Crippen LogP contribution in [0.5, 0.6) is 17.2 Å². The van der Waals surface area contributed by atoms with Gasteiger partial charge < -0.3 is 18.6 Å². The molecule has 0 saturated carbocycles. The second-order valence-corrected chi connectivity index (χ2v) is 4.43. The minimum atomic E-state index is -0.482. The highest BCUT2D eigenvalue weighted by molar-refractivity contribution is 6.12. The van der Waals surface area contributed by atoms with Crippen molar-refractivity contribution in [1.29, 1.82) is 5.26 Å². The Hall–Kier alpha value is -3.20. The molecule has 22 heavy (non-hydrogen) atoms. The minimum Gasteiger partial charge on any atom is -0.493 e. The van der Waals surface area contributed by atoms with Crippen LogP contribution in [-0.2, 0) is 0 Å². The second-order valence-electron chi connectivity index (χ2n) is 4.43. The first-order chi connectivity index (χ1) is 10.7. The van der Waals surface area contributed by atoms with Crippen LogP contribution in [0.1, 0.15) is 16.1 Å². The van der Waals surface area contributed by atoms with Gasteiger partial charge in [-0.05, 0) is 35.9 Å². The lowest BCUT2D eigenvalue weighted by Crippen LogP contribution is -2.00. The monoisotopic (exact) mass is 297 g/mol.